The van der Waals surface area contributed by atoms with Gasteiger partial charge in [0, 0.05) is 0 Å². The van der Waals surface area contributed by atoms with Crippen LogP contribution in [-0.2, 0) is 4.79 Å². The van der Waals surface area contributed by atoms with Crippen molar-refractivity contribution in [2.75, 3.05) is 13.1 Å². The fourth-order valence-corrected chi connectivity index (χ4v) is 2.61. The third-order valence-electron chi connectivity index (χ3n) is 3.52. The minimum Gasteiger partial charge on any atom is -0.480 e. The van der Waals surface area contributed by atoms with Crippen LogP contribution in [0.5, 0.6) is 0 Å². The first-order valence-electron chi connectivity index (χ1n) is 6.32. The molecular weight excluding hydrogens is 233 g/mol. The molecule has 0 radical (unpaired) electrons. The Balaban J connectivity index is 2.31. The number of halogens is 1. The molecule has 18 heavy (non-hydrogen) atoms. The summed E-state index contributed by atoms with van der Waals surface area (Å²) in [6, 6.07) is 3.68. The molecule has 0 aliphatic carbocycles. The lowest BCUT2D eigenvalue weighted by Crippen LogP contribution is -2.38. The van der Waals surface area contributed by atoms with E-state index < -0.39 is 12.0 Å². The molecular formula is C14H18FNO2. The second-order valence-corrected chi connectivity index (χ2v) is 4.84. The molecule has 1 atom stereocenters. The average Bonchev–Trinajstić information content (AvgIpc) is 2.33. The zero-order chi connectivity index (χ0) is 13.1. The zero-order valence-electron chi connectivity index (χ0n) is 10.5. The molecule has 0 aromatic heterocycles. The fourth-order valence-electron chi connectivity index (χ4n) is 2.61. The van der Waals surface area contributed by atoms with Gasteiger partial charge in [-0.25, -0.2) is 4.39 Å². The maximum atomic E-state index is 13.1. The Kier molecular flexibility index (Phi) is 3.97. The van der Waals surface area contributed by atoms with Gasteiger partial charge in [0.25, 0.3) is 0 Å². The fraction of sp³-hybridized carbons (Fsp3) is 0.500. The van der Waals surface area contributed by atoms with Crippen LogP contribution in [-0.4, -0.2) is 29.1 Å². The summed E-state index contributed by atoms with van der Waals surface area (Å²) in [4.78, 5) is 13.5. The molecule has 98 valence electrons. The highest BCUT2D eigenvalue weighted by molar-refractivity contribution is 5.76. The van der Waals surface area contributed by atoms with E-state index in [1.807, 2.05) is 4.90 Å². The summed E-state index contributed by atoms with van der Waals surface area (Å²) in [5.41, 5.74) is 1.40. The van der Waals surface area contributed by atoms with Gasteiger partial charge < -0.3 is 5.11 Å². The summed E-state index contributed by atoms with van der Waals surface area (Å²) in [6.07, 6.45) is 3.22. The highest BCUT2D eigenvalue weighted by atomic mass is 19.1. The maximum Gasteiger partial charge on any atom is 0.325 e. The van der Waals surface area contributed by atoms with Gasteiger partial charge >= 0.3 is 5.97 Å². The summed E-state index contributed by atoms with van der Waals surface area (Å²) >= 11 is 0. The Morgan fingerprint density at radius 2 is 2.00 bits per heavy atom. The summed E-state index contributed by atoms with van der Waals surface area (Å²) in [6.45, 7) is 3.36. The van der Waals surface area contributed by atoms with Gasteiger partial charge in [0.15, 0.2) is 0 Å². The van der Waals surface area contributed by atoms with Crippen molar-refractivity contribution < 1.29 is 14.3 Å². The maximum absolute atomic E-state index is 13.1. The van der Waals surface area contributed by atoms with E-state index in [1.54, 1.807) is 13.0 Å². The Morgan fingerprint density at radius 3 is 2.56 bits per heavy atom. The number of carbonyl (C=O) groups is 1. The molecule has 1 fully saturated rings. The highest BCUT2D eigenvalue weighted by Crippen LogP contribution is 2.27. The molecule has 4 heteroatoms. The SMILES string of the molecule is Cc1cc(F)ccc1C(C(=O)O)N1CCCCC1. The number of hydrogen-bond acceptors (Lipinski definition) is 2. The number of carboxylic acids is 1. The van der Waals surface area contributed by atoms with Gasteiger partial charge in [-0.1, -0.05) is 12.5 Å². The van der Waals surface area contributed by atoms with Gasteiger partial charge in [-0.15, -0.1) is 0 Å². The van der Waals surface area contributed by atoms with Gasteiger partial charge in [-0.05, 0) is 56.1 Å². The summed E-state index contributed by atoms with van der Waals surface area (Å²) < 4.78 is 13.1. The third kappa shape index (κ3) is 2.70. The minimum absolute atomic E-state index is 0.320. The number of carboxylic acid groups (broad SMARTS) is 1. The van der Waals surface area contributed by atoms with Crippen molar-refractivity contribution in [2.45, 2.75) is 32.2 Å². The Labute approximate surface area is 106 Å². The van der Waals surface area contributed by atoms with Crippen LogP contribution in [0.4, 0.5) is 4.39 Å². The topological polar surface area (TPSA) is 40.5 Å². The van der Waals surface area contributed by atoms with E-state index in [9.17, 15) is 14.3 Å². The molecule has 0 saturated carbocycles. The average molecular weight is 251 g/mol. The predicted octanol–water partition coefficient (Wildman–Crippen LogP) is 2.75. The van der Waals surface area contributed by atoms with E-state index in [1.165, 1.54) is 12.1 Å². The monoisotopic (exact) mass is 251 g/mol. The van der Waals surface area contributed by atoms with Crippen molar-refractivity contribution in [3.8, 4) is 0 Å². The molecule has 2 rings (SSSR count). The lowest BCUT2D eigenvalue weighted by Gasteiger charge is -2.32. The van der Waals surface area contributed by atoms with Crippen molar-refractivity contribution in [3.63, 3.8) is 0 Å². The first kappa shape index (κ1) is 13.0. The largest absolute Gasteiger partial charge is 0.480 e. The molecule has 1 aliphatic heterocycles. The molecule has 1 saturated heterocycles. The van der Waals surface area contributed by atoms with Crippen LogP contribution in [0.1, 0.15) is 36.4 Å². The van der Waals surface area contributed by atoms with Crippen molar-refractivity contribution in [1.82, 2.24) is 4.90 Å². The number of hydrogen-bond donors (Lipinski definition) is 1. The van der Waals surface area contributed by atoms with Gasteiger partial charge in [0.05, 0.1) is 0 Å². The molecule has 0 bridgehead atoms. The van der Waals surface area contributed by atoms with Crippen LogP contribution in [0.15, 0.2) is 18.2 Å². The van der Waals surface area contributed by atoms with Gasteiger partial charge in [-0.2, -0.15) is 0 Å². The lowest BCUT2D eigenvalue weighted by atomic mass is 9.97. The normalized spacial score (nSPS) is 18.6. The quantitative estimate of drug-likeness (QED) is 0.898. The number of likely N-dealkylation sites (tertiary alicyclic amines) is 1. The molecule has 1 aromatic carbocycles. The first-order chi connectivity index (χ1) is 8.59. The number of aliphatic carboxylic acids is 1. The molecule has 1 N–H and O–H groups in total. The molecule has 0 amide bonds. The molecule has 1 unspecified atom stereocenters. The van der Waals surface area contributed by atoms with Crippen molar-refractivity contribution >= 4 is 5.97 Å². The van der Waals surface area contributed by atoms with Gasteiger partial charge in [0.1, 0.15) is 11.9 Å². The van der Waals surface area contributed by atoms with Crippen LogP contribution in [0.3, 0.4) is 0 Å². The minimum atomic E-state index is -0.855. The zero-order valence-corrected chi connectivity index (χ0v) is 10.5. The van der Waals surface area contributed by atoms with E-state index >= 15 is 0 Å². The van der Waals surface area contributed by atoms with Crippen LogP contribution in [0.25, 0.3) is 0 Å². The number of rotatable bonds is 3. The standard InChI is InChI=1S/C14H18FNO2/c1-10-9-11(15)5-6-12(10)13(14(17)18)16-7-3-2-4-8-16/h5-6,9,13H,2-4,7-8H2,1H3,(H,17,18). The Bertz CT molecular complexity index is 441. The van der Waals surface area contributed by atoms with Crippen LogP contribution in [0, 0.1) is 12.7 Å². The smallest absolute Gasteiger partial charge is 0.325 e. The second-order valence-electron chi connectivity index (χ2n) is 4.84. The second kappa shape index (κ2) is 5.48. The number of benzene rings is 1. The molecule has 1 aromatic rings. The van der Waals surface area contributed by atoms with E-state index in [0.29, 0.717) is 11.1 Å². The van der Waals surface area contributed by atoms with Crippen molar-refractivity contribution in [1.29, 1.82) is 0 Å². The summed E-state index contributed by atoms with van der Waals surface area (Å²) in [5.74, 6) is -1.18. The van der Waals surface area contributed by atoms with E-state index in [0.717, 1.165) is 32.4 Å². The number of nitrogens with zero attached hydrogens (tertiary/aromatic N) is 1. The van der Waals surface area contributed by atoms with Gasteiger partial charge in [-0.3, -0.25) is 9.69 Å². The van der Waals surface area contributed by atoms with E-state index in [-0.39, 0.29) is 5.82 Å². The number of aryl methyl sites for hydroxylation is 1. The highest BCUT2D eigenvalue weighted by Gasteiger charge is 2.29. The summed E-state index contributed by atoms with van der Waals surface area (Å²) in [7, 11) is 0. The summed E-state index contributed by atoms with van der Waals surface area (Å²) in [5, 5.41) is 9.44. The van der Waals surface area contributed by atoms with Crippen molar-refractivity contribution in [3.05, 3.63) is 35.1 Å². The Hall–Kier alpha value is -1.42. The van der Waals surface area contributed by atoms with Crippen LogP contribution in [0.2, 0.25) is 0 Å². The van der Waals surface area contributed by atoms with Gasteiger partial charge in [0.2, 0.25) is 0 Å². The Morgan fingerprint density at radius 1 is 1.33 bits per heavy atom. The van der Waals surface area contributed by atoms with Crippen LogP contribution >= 0.6 is 0 Å². The lowest BCUT2D eigenvalue weighted by molar-refractivity contribution is -0.144. The molecule has 3 nitrogen and oxygen atoms in total. The third-order valence-corrected chi connectivity index (χ3v) is 3.52. The molecule has 1 heterocycles. The van der Waals surface area contributed by atoms with Crippen molar-refractivity contribution in [2.24, 2.45) is 0 Å². The molecule has 0 spiro atoms. The number of piperidine rings is 1. The molecule has 1 aliphatic rings. The predicted molar refractivity (Wildman–Crippen MR) is 66.9 cm³/mol. The van der Waals surface area contributed by atoms with Crippen LogP contribution < -0.4 is 0 Å². The van der Waals surface area contributed by atoms with E-state index in [4.69, 9.17) is 0 Å². The van der Waals surface area contributed by atoms with E-state index in [2.05, 4.69) is 0 Å². The first-order valence-corrected chi connectivity index (χ1v) is 6.32.